The molecule has 128 valence electrons. The van der Waals surface area contributed by atoms with Crippen LogP contribution in [0.2, 0.25) is 0 Å². The molecule has 1 unspecified atom stereocenters. The number of hydrogen-bond acceptors (Lipinski definition) is 5. The number of hydrogen-bond donors (Lipinski definition) is 2. The third-order valence-electron chi connectivity index (χ3n) is 3.32. The van der Waals surface area contributed by atoms with Gasteiger partial charge in [-0.15, -0.1) is 12.4 Å². The molecular formula is C15H24ClN5O2. The molecule has 0 saturated heterocycles. The van der Waals surface area contributed by atoms with Gasteiger partial charge in [0.1, 0.15) is 11.8 Å². The van der Waals surface area contributed by atoms with E-state index in [1.165, 1.54) is 0 Å². The fourth-order valence-electron chi connectivity index (χ4n) is 2.04. The van der Waals surface area contributed by atoms with Crippen LogP contribution in [0.25, 0.3) is 0 Å². The standard InChI is InChI=1S/C15H23N5O2.ClH/c1-15(2,3)11-7-17-12(22-11)8-18-14(21)13(16-4)10-6-19-20(5)9-10;/h6-7,9,13,16H,8H2,1-5H3,(H,18,21);1H. The highest BCUT2D eigenvalue weighted by molar-refractivity contribution is 5.85. The molecule has 2 aromatic heterocycles. The van der Waals surface area contributed by atoms with Crippen molar-refractivity contribution in [1.82, 2.24) is 25.4 Å². The second kappa shape index (κ2) is 7.61. The summed E-state index contributed by atoms with van der Waals surface area (Å²) in [6.07, 6.45) is 5.19. The van der Waals surface area contributed by atoms with Crippen molar-refractivity contribution >= 4 is 18.3 Å². The average molecular weight is 342 g/mol. The lowest BCUT2D eigenvalue weighted by atomic mass is 9.94. The van der Waals surface area contributed by atoms with Crippen molar-refractivity contribution < 1.29 is 9.21 Å². The van der Waals surface area contributed by atoms with Crippen LogP contribution in [0.3, 0.4) is 0 Å². The van der Waals surface area contributed by atoms with Gasteiger partial charge in [-0.2, -0.15) is 5.10 Å². The van der Waals surface area contributed by atoms with Crippen LogP contribution in [0.4, 0.5) is 0 Å². The summed E-state index contributed by atoms with van der Waals surface area (Å²) in [5.74, 6) is 1.15. The number of amides is 1. The van der Waals surface area contributed by atoms with Crippen LogP contribution >= 0.6 is 12.4 Å². The SMILES string of the molecule is CNC(C(=O)NCc1ncc(C(C)(C)C)o1)c1cnn(C)c1.Cl. The summed E-state index contributed by atoms with van der Waals surface area (Å²) in [6, 6.07) is -0.453. The third-order valence-corrected chi connectivity index (χ3v) is 3.32. The molecule has 2 rings (SSSR count). The van der Waals surface area contributed by atoms with Crippen molar-refractivity contribution in [3.63, 3.8) is 0 Å². The minimum atomic E-state index is -0.453. The molecule has 0 aliphatic rings. The highest BCUT2D eigenvalue weighted by Gasteiger charge is 2.22. The van der Waals surface area contributed by atoms with Crippen LogP contribution in [-0.2, 0) is 23.8 Å². The van der Waals surface area contributed by atoms with Gasteiger partial charge < -0.3 is 15.1 Å². The van der Waals surface area contributed by atoms with Crippen molar-refractivity contribution in [2.75, 3.05) is 7.05 Å². The van der Waals surface area contributed by atoms with Crippen LogP contribution in [0, 0.1) is 0 Å². The molecule has 0 bridgehead atoms. The molecule has 1 amide bonds. The number of aryl methyl sites for hydroxylation is 1. The quantitative estimate of drug-likeness (QED) is 0.864. The zero-order valence-electron chi connectivity index (χ0n) is 14.1. The maximum absolute atomic E-state index is 12.3. The smallest absolute Gasteiger partial charge is 0.242 e. The Morgan fingerprint density at radius 3 is 2.57 bits per heavy atom. The molecule has 0 aromatic carbocycles. The van der Waals surface area contributed by atoms with E-state index in [9.17, 15) is 4.79 Å². The Bertz CT molecular complexity index is 644. The Labute approximate surface area is 142 Å². The molecule has 0 spiro atoms. The first kappa shape index (κ1) is 19.2. The predicted octanol–water partition coefficient (Wildman–Crippen LogP) is 1.70. The van der Waals surface area contributed by atoms with Crippen LogP contribution in [-0.4, -0.2) is 27.7 Å². The number of nitrogens with zero attached hydrogens (tertiary/aromatic N) is 3. The first-order chi connectivity index (χ1) is 10.3. The van der Waals surface area contributed by atoms with Gasteiger partial charge in [0.2, 0.25) is 11.8 Å². The first-order valence-corrected chi connectivity index (χ1v) is 7.20. The molecule has 0 fully saturated rings. The van der Waals surface area contributed by atoms with Crippen molar-refractivity contribution in [2.45, 2.75) is 38.8 Å². The normalized spacial score (nSPS) is 12.6. The molecule has 2 N–H and O–H groups in total. The minimum absolute atomic E-state index is 0. The maximum Gasteiger partial charge on any atom is 0.242 e. The summed E-state index contributed by atoms with van der Waals surface area (Å²) in [4.78, 5) is 16.5. The number of aromatic nitrogens is 3. The van der Waals surface area contributed by atoms with Gasteiger partial charge in [0.15, 0.2) is 0 Å². The molecular weight excluding hydrogens is 318 g/mol. The molecule has 0 aliphatic heterocycles. The first-order valence-electron chi connectivity index (χ1n) is 7.20. The highest BCUT2D eigenvalue weighted by Crippen LogP contribution is 2.22. The number of carbonyl (C=O) groups is 1. The van der Waals surface area contributed by atoms with Gasteiger partial charge in [-0.05, 0) is 7.05 Å². The second-order valence-electron chi connectivity index (χ2n) is 6.26. The summed E-state index contributed by atoms with van der Waals surface area (Å²) in [7, 11) is 3.55. The zero-order valence-corrected chi connectivity index (χ0v) is 14.9. The molecule has 2 heterocycles. The fourth-order valence-corrected chi connectivity index (χ4v) is 2.04. The topological polar surface area (TPSA) is 85.0 Å². The van der Waals surface area contributed by atoms with Gasteiger partial charge in [-0.1, -0.05) is 20.8 Å². The van der Waals surface area contributed by atoms with E-state index in [1.54, 1.807) is 24.1 Å². The molecule has 23 heavy (non-hydrogen) atoms. The average Bonchev–Trinajstić information content (AvgIpc) is 3.06. The second-order valence-corrected chi connectivity index (χ2v) is 6.26. The molecule has 8 heteroatoms. The summed E-state index contributed by atoms with van der Waals surface area (Å²) >= 11 is 0. The van der Waals surface area contributed by atoms with Crippen LogP contribution < -0.4 is 10.6 Å². The van der Waals surface area contributed by atoms with Gasteiger partial charge in [0.05, 0.1) is 18.9 Å². The van der Waals surface area contributed by atoms with E-state index in [1.807, 2.05) is 13.2 Å². The van der Waals surface area contributed by atoms with Gasteiger partial charge in [-0.3, -0.25) is 9.48 Å². The number of halogens is 1. The minimum Gasteiger partial charge on any atom is -0.443 e. The van der Waals surface area contributed by atoms with Crippen molar-refractivity contribution in [3.8, 4) is 0 Å². The van der Waals surface area contributed by atoms with Crippen molar-refractivity contribution in [3.05, 3.63) is 35.8 Å². The molecule has 0 saturated carbocycles. The van der Waals surface area contributed by atoms with E-state index in [-0.39, 0.29) is 30.3 Å². The van der Waals surface area contributed by atoms with E-state index < -0.39 is 6.04 Å². The van der Waals surface area contributed by atoms with Gasteiger partial charge in [-0.25, -0.2) is 4.98 Å². The highest BCUT2D eigenvalue weighted by atomic mass is 35.5. The van der Waals surface area contributed by atoms with Crippen molar-refractivity contribution in [2.24, 2.45) is 7.05 Å². The van der Waals surface area contributed by atoms with Crippen molar-refractivity contribution in [1.29, 1.82) is 0 Å². The lowest BCUT2D eigenvalue weighted by Gasteiger charge is -2.14. The monoisotopic (exact) mass is 341 g/mol. The van der Waals surface area contributed by atoms with Crippen LogP contribution in [0.5, 0.6) is 0 Å². The van der Waals surface area contributed by atoms with E-state index in [0.29, 0.717) is 5.89 Å². The lowest BCUT2D eigenvalue weighted by Crippen LogP contribution is -2.35. The number of carbonyl (C=O) groups excluding carboxylic acids is 1. The summed E-state index contributed by atoms with van der Waals surface area (Å²) in [5, 5.41) is 9.89. The van der Waals surface area contributed by atoms with E-state index >= 15 is 0 Å². The Balaban J connectivity index is 0.00000264. The van der Waals surface area contributed by atoms with Crippen LogP contribution in [0.1, 0.15) is 44.0 Å². The molecule has 1 atom stereocenters. The van der Waals surface area contributed by atoms with Gasteiger partial charge in [0, 0.05) is 24.2 Å². The number of likely N-dealkylation sites (N-methyl/N-ethyl adjacent to an activating group) is 1. The van der Waals surface area contributed by atoms with E-state index in [4.69, 9.17) is 4.42 Å². The summed E-state index contributed by atoms with van der Waals surface area (Å²) in [6.45, 7) is 6.41. The Morgan fingerprint density at radius 2 is 2.09 bits per heavy atom. The zero-order chi connectivity index (χ0) is 16.3. The van der Waals surface area contributed by atoms with Gasteiger partial charge in [0.25, 0.3) is 0 Å². The Hall–Kier alpha value is -1.86. The molecule has 7 nitrogen and oxygen atoms in total. The summed E-state index contributed by atoms with van der Waals surface area (Å²) in [5.41, 5.74) is 0.712. The lowest BCUT2D eigenvalue weighted by molar-refractivity contribution is -0.123. The predicted molar refractivity (Wildman–Crippen MR) is 89.3 cm³/mol. The Morgan fingerprint density at radius 1 is 1.39 bits per heavy atom. The van der Waals surface area contributed by atoms with Gasteiger partial charge >= 0.3 is 0 Å². The molecule has 0 radical (unpaired) electrons. The number of rotatable bonds is 5. The maximum atomic E-state index is 12.3. The molecule has 0 aliphatic carbocycles. The van der Waals surface area contributed by atoms with E-state index in [2.05, 4.69) is 41.5 Å². The largest absolute Gasteiger partial charge is 0.443 e. The molecule has 2 aromatic rings. The third kappa shape index (κ3) is 4.80. The number of nitrogens with one attached hydrogen (secondary N) is 2. The van der Waals surface area contributed by atoms with E-state index in [0.717, 1.165) is 11.3 Å². The summed E-state index contributed by atoms with van der Waals surface area (Å²) < 4.78 is 7.32. The number of oxazole rings is 1. The van der Waals surface area contributed by atoms with Crippen LogP contribution in [0.15, 0.2) is 23.0 Å². The fraction of sp³-hybridized carbons (Fsp3) is 0.533. The Kier molecular flexibility index (Phi) is 6.35.